The molecule has 0 heterocycles. The van der Waals surface area contributed by atoms with Gasteiger partial charge in [0.05, 0.1) is 0 Å². The second-order valence-corrected chi connectivity index (χ2v) is 5.03. The quantitative estimate of drug-likeness (QED) is 0.305. The van der Waals surface area contributed by atoms with Crippen LogP contribution in [0.5, 0.6) is 0 Å². The fourth-order valence-corrected chi connectivity index (χ4v) is 1.89. The number of hydrogen-bond donors (Lipinski definition) is 1. The summed E-state index contributed by atoms with van der Waals surface area (Å²) in [4.78, 5) is 4.26. The molecule has 1 N–H and O–H groups in total. The molecule has 0 radical (unpaired) electrons. The summed E-state index contributed by atoms with van der Waals surface area (Å²) >= 11 is 0. The minimum Gasteiger partial charge on any atom is -0.321 e. The second-order valence-electron chi connectivity index (χ2n) is 5.03. The highest BCUT2D eigenvalue weighted by atomic mass is 17.1. The molecule has 2 aromatic rings. The zero-order valence-corrected chi connectivity index (χ0v) is 12.4. The van der Waals surface area contributed by atoms with E-state index in [1.165, 1.54) is 7.11 Å². The molecule has 0 saturated heterocycles. The average Bonchev–Trinajstić information content (AvgIpc) is 2.54. The third-order valence-corrected chi connectivity index (χ3v) is 2.97. The zero-order valence-electron chi connectivity index (χ0n) is 12.4. The van der Waals surface area contributed by atoms with E-state index >= 15 is 0 Å². The Labute approximate surface area is 124 Å². The largest absolute Gasteiger partial charge is 0.522 e. The van der Waals surface area contributed by atoms with E-state index in [0.717, 1.165) is 16.7 Å². The Balaban J connectivity index is 2.22. The molecule has 110 valence electrons. The maximum atomic E-state index is 8.78. The van der Waals surface area contributed by atoms with Crippen molar-refractivity contribution in [3.63, 3.8) is 0 Å². The molecule has 2 aromatic carbocycles. The van der Waals surface area contributed by atoms with Crippen LogP contribution in [0.2, 0.25) is 0 Å². The summed E-state index contributed by atoms with van der Waals surface area (Å²) < 4.78 is 10.7. The van der Waals surface area contributed by atoms with Crippen molar-refractivity contribution in [1.82, 2.24) is 0 Å². The topological polar surface area (TPSA) is 50.0 Å². The lowest BCUT2D eigenvalue weighted by atomic mass is 10.0. The lowest BCUT2D eigenvalue weighted by Crippen LogP contribution is -2.30. The SMILES string of the molecule is C[O+]=C(OC(C)(C)OO)c1ccc(-c2ccccc2)cc1. The summed E-state index contributed by atoms with van der Waals surface area (Å²) in [5.74, 6) is -0.891. The predicted octanol–water partition coefficient (Wildman–Crippen LogP) is 3.90. The van der Waals surface area contributed by atoms with Crippen LogP contribution in [0, 0.1) is 0 Å². The van der Waals surface area contributed by atoms with E-state index in [0.29, 0.717) is 0 Å². The summed E-state index contributed by atoms with van der Waals surface area (Å²) in [6, 6.07) is 17.9. The molecule has 0 saturated carbocycles. The normalized spacial score (nSPS) is 12.3. The number of hydrogen-bond acceptors (Lipinski definition) is 3. The Bertz CT molecular complexity index is 600. The molecule has 0 bridgehead atoms. The van der Waals surface area contributed by atoms with Gasteiger partial charge in [-0.15, -0.1) is 0 Å². The summed E-state index contributed by atoms with van der Waals surface area (Å²) in [6.45, 7) is 3.18. The number of benzene rings is 2. The Morgan fingerprint density at radius 2 is 1.52 bits per heavy atom. The zero-order chi connectivity index (χ0) is 15.3. The number of ether oxygens (including phenoxy) is 1. The van der Waals surface area contributed by atoms with Crippen LogP contribution in [0.1, 0.15) is 23.8 Å². The van der Waals surface area contributed by atoms with Crippen LogP contribution >= 0.6 is 0 Å². The van der Waals surface area contributed by atoms with Gasteiger partial charge >= 0.3 is 11.8 Å². The summed E-state index contributed by atoms with van der Waals surface area (Å²) in [7, 11) is 1.51. The van der Waals surface area contributed by atoms with Gasteiger partial charge in [-0.05, 0) is 23.3 Å². The molecule has 0 unspecified atom stereocenters. The van der Waals surface area contributed by atoms with Crippen LogP contribution in [-0.4, -0.2) is 24.1 Å². The number of carbonyl (C=O) groups excluding carboxylic acids is 1. The van der Waals surface area contributed by atoms with Crippen LogP contribution in [0.25, 0.3) is 11.1 Å². The van der Waals surface area contributed by atoms with Crippen molar-refractivity contribution < 1.29 is 19.3 Å². The molecule has 0 atom stereocenters. The van der Waals surface area contributed by atoms with Gasteiger partial charge in [-0.2, -0.15) is 4.89 Å². The minimum absolute atomic E-state index is 0.286. The summed E-state index contributed by atoms with van der Waals surface area (Å²) in [5.41, 5.74) is 3.01. The van der Waals surface area contributed by atoms with Gasteiger partial charge in [-0.3, -0.25) is 4.74 Å². The third-order valence-electron chi connectivity index (χ3n) is 2.97. The van der Waals surface area contributed by atoms with Gasteiger partial charge in [-0.25, -0.2) is 5.26 Å². The highest BCUT2D eigenvalue weighted by molar-refractivity contribution is 5.90. The molecular weight excluding hydrogens is 268 g/mol. The van der Waals surface area contributed by atoms with Crippen LogP contribution in [0.15, 0.2) is 54.6 Å². The molecular formula is C17H19O4+. The first-order valence-electron chi connectivity index (χ1n) is 6.64. The van der Waals surface area contributed by atoms with Crippen molar-refractivity contribution >= 4 is 5.97 Å². The molecule has 0 aliphatic carbocycles. The summed E-state index contributed by atoms with van der Waals surface area (Å²) in [6.07, 6.45) is 0. The van der Waals surface area contributed by atoms with E-state index in [2.05, 4.69) is 17.0 Å². The van der Waals surface area contributed by atoms with Gasteiger partial charge in [0.15, 0.2) is 7.11 Å². The lowest BCUT2D eigenvalue weighted by molar-refractivity contribution is -0.382. The van der Waals surface area contributed by atoms with Gasteiger partial charge in [0, 0.05) is 13.8 Å². The van der Waals surface area contributed by atoms with Crippen molar-refractivity contribution in [3.8, 4) is 11.1 Å². The summed E-state index contributed by atoms with van der Waals surface area (Å²) in [5, 5.41) is 8.78. The number of esters is 1. The minimum atomic E-state index is -1.18. The Morgan fingerprint density at radius 1 is 0.952 bits per heavy atom. The van der Waals surface area contributed by atoms with Crippen LogP contribution in [0.4, 0.5) is 0 Å². The van der Waals surface area contributed by atoms with E-state index in [1.807, 2.05) is 42.5 Å². The van der Waals surface area contributed by atoms with E-state index in [-0.39, 0.29) is 5.97 Å². The Hall–Kier alpha value is -2.17. The van der Waals surface area contributed by atoms with Crippen molar-refractivity contribution in [2.24, 2.45) is 0 Å². The maximum absolute atomic E-state index is 8.78. The van der Waals surface area contributed by atoms with E-state index in [1.54, 1.807) is 13.8 Å². The molecule has 2 rings (SSSR count). The highest BCUT2D eigenvalue weighted by Crippen LogP contribution is 2.21. The van der Waals surface area contributed by atoms with Crippen LogP contribution in [-0.2, 0) is 9.62 Å². The Morgan fingerprint density at radius 3 is 2.05 bits per heavy atom. The monoisotopic (exact) mass is 287 g/mol. The number of rotatable bonds is 4. The van der Waals surface area contributed by atoms with Crippen LogP contribution in [0.3, 0.4) is 0 Å². The van der Waals surface area contributed by atoms with Gasteiger partial charge in [0.25, 0.3) is 0 Å². The molecule has 0 amide bonds. The first kappa shape index (κ1) is 15.2. The van der Waals surface area contributed by atoms with Crippen molar-refractivity contribution in [1.29, 1.82) is 0 Å². The molecule has 0 fully saturated rings. The van der Waals surface area contributed by atoms with E-state index in [9.17, 15) is 0 Å². The lowest BCUT2D eigenvalue weighted by Gasteiger charge is -2.13. The molecule has 0 aromatic heterocycles. The predicted molar refractivity (Wildman–Crippen MR) is 81.0 cm³/mol. The fraction of sp³-hybridized carbons (Fsp3) is 0.235. The van der Waals surface area contributed by atoms with E-state index in [4.69, 9.17) is 14.4 Å². The molecule has 0 spiro atoms. The van der Waals surface area contributed by atoms with Gasteiger partial charge in [-0.1, -0.05) is 42.5 Å². The molecule has 0 aliphatic heterocycles. The van der Waals surface area contributed by atoms with Crippen molar-refractivity contribution in [2.75, 3.05) is 7.11 Å². The first-order chi connectivity index (χ1) is 10.1. The third kappa shape index (κ3) is 3.90. The molecule has 0 aliphatic rings. The Kier molecular flexibility index (Phi) is 4.73. The highest BCUT2D eigenvalue weighted by Gasteiger charge is 2.34. The van der Waals surface area contributed by atoms with Gasteiger partial charge < -0.3 is 4.42 Å². The fourth-order valence-electron chi connectivity index (χ4n) is 1.89. The molecule has 4 nitrogen and oxygen atoms in total. The molecule has 21 heavy (non-hydrogen) atoms. The van der Waals surface area contributed by atoms with E-state index < -0.39 is 5.79 Å². The second kappa shape index (κ2) is 6.52. The van der Waals surface area contributed by atoms with Gasteiger partial charge in [0.1, 0.15) is 5.56 Å². The smallest absolute Gasteiger partial charge is 0.321 e. The van der Waals surface area contributed by atoms with Crippen molar-refractivity contribution in [2.45, 2.75) is 19.6 Å². The molecule has 4 heteroatoms. The average molecular weight is 287 g/mol. The van der Waals surface area contributed by atoms with Crippen molar-refractivity contribution in [3.05, 3.63) is 60.2 Å². The first-order valence-corrected chi connectivity index (χ1v) is 6.64. The van der Waals surface area contributed by atoms with Crippen LogP contribution < -0.4 is 0 Å². The maximum Gasteiger partial charge on any atom is 0.522 e. The standard InChI is InChI=1S/C17H18O4/c1-17(2,21-18)20-16(19-3)15-11-9-14(10-12-15)13-7-5-4-6-8-13/h4-12H,1-3H3/p+1. The van der Waals surface area contributed by atoms with Gasteiger partial charge in [0.2, 0.25) is 0 Å².